The molecular formula is C24H25Cl2FN2O5. The molecule has 1 fully saturated rings. The predicted molar refractivity (Wildman–Crippen MR) is 125 cm³/mol. The van der Waals surface area contributed by atoms with Crippen molar-refractivity contribution in [1.29, 1.82) is 0 Å². The first-order valence-electron chi connectivity index (χ1n) is 10.9. The Hall–Kier alpha value is -2.68. The molecule has 2 amide bonds. The van der Waals surface area contributed by atoms with Crippen molar-refractivity contribution in [3.05, 3.63) is 63.4 Å². The summed E-state index contributed by atoms with van der Waals surface area (Å²) in [7, 11) is 0. The van der Waals surface area contributed by atoms with Crippen LogP contribution in [0.15, 0.2) is 36.4 Å². The first-order chi connectivity index (χ1) is 16.3. The summed E-state index contributed by atoms with van der Waals surface area (Å²) in [5.74, 6) is -0.950. The van der Waals surface area contributed by atoms with E-state index in [-0.39, 0.29) is 55.9 Å². The third-order valence-corrected chi connectivity index (χ3v) is 5.90. The zero-order valence-electron chi connectivity index (χ0n) is 18.6. The van der Waals surface area contributed by atoms with Crippen LogP contribution in [0.1, 0.15) is 43.4 Å². The molecule has 10 heteroatoms. The van der Waals surface area contributed by atoms with E-state index < -0.39 is 17.8 Å². The van der Waals surface area contributed by atoms with E-state index >= 15 is 0 Å². The van der Waals surface area contributed by atoms with Crippen LogP contribution in [-0.4, -0.2) is 42.4 Å². The maximum Gasteiger partial charge on any atom is 0.307 e. The van der Waals surface area contributed by atoms with Crippen molar-refractivity contribution >= 4 is 41.0 Å². The van der Waals surface area contributed by atoms with Crippen molar-refractivity contribution < 1.29 is 28.2 Å². The number of amides is 2. The normalized spacial score (nSPS) is 14.4. The Kier molecular flexibility index (Phi) is 9.27. The first-order valence-corrected chi connectivity index (χ1v) is 11.6. The molecule has 1 aliphatic heterocycles. The quantitative estimate of drug-likeness (QED) is 0.355. The number of ether oxygens (including phenoxy) is 2. The standard InChI is InChI=1S/C24H25Cl2FN2O5/c1-2-33-24(32)13-20(16-4-5-17(25)19(27)12-16)28-14-15-3-6-21(18(26)11-15)34-10-9-29-22(30)7-8-23(29)31/h3-6,11-12,20,28H,2,7-10,13-14H2,1H3. The van der Waals surface area contributed by atoms with Gasteiger partial charge in [0, 0.05) is 25.4 Å². The number of benzene rings is 2. The van der Waals surface area contributed by atoms with E-state index in [9.17, 15) is 18.8 Å². The molecule has 0 radical (unpaired) electrons. The van der Waals surface area contributed by atoms with Gasteiger partial charge < -0.3 is 14.8 Å². The predicted octanol–water partition coefficient (Wildman–Crippen LogP) is 4.44. The molecule has 2 aromatic rings. The number of halogens is 3. The third-order valence-electron chi connectivity index (χ3n) is 5.30. The number of likely N-dealkylation sites (tertiary alicyclic amines) is 1. The minimum Gasteiger partial charge on any atom is -0.490 e. The van der Waals surface area contributed by atoms with Crippen LogP contribution in [0.25, 0.3) is 0 Å². The fourth-order valence-electron chi connectivity index (χ4n) is 3.56. The number of imide groups is 1. The van der Waals surface area contributed by atoms with Crippen LogP contribution < -0.4 is 10.1 Å². The molecule has 1 aliphatic rings. The lowest BCUT2D eigenvalue weighted by atomic mass is 10.0. The number of carbonyl (C=O) groups excluding carboxylic acids is 3. The molecule has 2 aromatic carbocycles. The second-order valence-electron chi connectivity index (χ2n) is 7.67. The van der Waals surface area contributed by atoms with Gasteiger partial charge in [-0.25, -0.2) is 4.39 Å². The minimum absolute atomic E-state index is 0.000492. The number of hydrogen-bond acceptors (Lipinski definition) is 6. The summed E-state index contributed by atoms with van der Waals surface area (Å²) in [5, 5.41) is 3.59. The largest absolute Gasteiger partial charge is 0.490 e. The van der Waals surface area contributed by atoms with Crippen molar-refractivity contribution in [2.75, 3.05) is 19.8 Å². The molecule has 1 N–H and O–H groups in total. The van der Waals surface area contributed by atoms with Gasteiger partial charge in [-0.15, -0.1) is 0 Å². The summed E-state index contributed by atoms with van der Waals surface area (Å²) in [4.78, 5) is 36.6. The van der Waals surface area contributed by atoms with Gasteiger partial charge in [0.15, 0.2) is 0 Å². The highest BCUT2D eigenvalue weighted by molar-refractivity contribution is 6.32. The van der Waals surface area contributed by atoms with Crippen LogP contribution in [0, 0.1) is 5.82 Å². The average Bonchev–Trinajstić information content (AvgIpc) is 3.12. The van der Waals surface area contributed by atoms with E-state index in [2.05, 4.69) is 5.32 Å². The van der Waals surface area contributed by atoms with Gasteiger partial charge in [-0.3, -0.25) is 19.3 Å². The molecule has 7 nitrogen and oxygen atoms in total. The summed E-state index contributed by atoms with van der Waals surface area (Å²) >= 11 is 12.1. The number of rotatable bonds is 11. The first kappa shape index (κ1) is 25.9. The molecule has 3 rings (SSSR count). The van der Waals surface area contributed by atoms with E-state index in [1.165, 1.54) is 17.0 Å². The smallest absolute Gasteiger partial charge is 0.307 e. The van der Waals surface area contributed by atoms with Gasteiger partial charge in [-0.05, 0) is 42.3 Å². The van der Waals surface area contributed by atoms with Gasteiger partial charge >= 0.3 is 5.97 Å². The van der Waals surface area contributed by atoms with Crippen molar-refractivity contribution in [1.82, 2.24) is 10.2 Å². The highest BCUT2D eigenvalue weighted by Gasteiger charge is 2.28. The number of esters is 1. The molecule has 1 unspecified atom stereocenters. The Morgan fingerprint density at radius 1 is 1.12 bits per heavy atom. The van der Waals surface area contributed by atoms with Crippen LogP contribution in [0.4, 0.5) is 4.39 Å². The maximum absolute atomic E-state index is 14.0. The zero-order chi connectivity index (χ0) is 24.7. The lowest BCUT2D eigenvalue weighted by Crippen LogP contribution is -2.33. The van der Waals surface area contributed by atoms with Crippen LogP contribution in [0.5, 0.6) is 5.75 Å². The van der Waals surface area contributed by atoms with Gasteiger partial charge in [0.1, 0.15) is 18.2 Å². The van der Waals surface area contributed by atoms with Crippen molar-refractivity contribution in [3.63, 3.8) is 0 Å². The summed E-state index contributed by atoms with van der Waals surface area (Å²) < 4.78 is 24.7. The minimum atomic E-state index is -0.572. The number of nitrogens with zero attached hydrogens (tertiary/aromatic N) is 1. The fraction of sp³-hybridized carbons (Fsp3) is 0.375. The number of nitrogens with one attached hydrogen (secondary N) is 1. The lowest BCUT2D eigenvalue weighted by molar-refractivity contribution is -0.144. The Labute approximate surface area is 207 Å². The molecule has 0 saturated carbocycles. The van der Waals surface area contributed by atoms with Crippen molar-refractivity contribution in [3.8, 4) is 5.75 Å². The van der Waals surface area contributed by atoms with Crippen molar-refractivity contribution in [2.24, 2.45) is 0 Å². The Balaban J connectivity index is 1.61. The van der Waals surface area contributed by atoms with Crippen LogP contribution in [0.2, 0.25) is 10.0 Å². The summed E-state index contributed by atoms with van der Waals surface area (Å²) in [6.07, 6.45) is 0.486. The Bertz CT molecular complexity index is 1050. The Morgan fingerprint density at radius 2 is 1.85 bits per heavy atom. The highest BCUT2D eigenvalue weighted by atomic mass is 35.5. The van der Waals surface area contributed by atoms with E-state index in [0.29, 0.717) is 22.9 Å². The summed E-state index contributed by atoms with van der Waals surface area (Å²) in [6, 6.07) is 9.08. The molecule has 0 aromatic heterocycles. The van der Waals surface area contributed by atoms with E-state index in [4.69, 9.17) is 32.7 Å². The van der Waals surface area contributed by atoms with Gasteiger partial charge in [-0.2, -0.15) is 0 Å². The number of carbonyl (C=O) groups is 3. The monoisotopic (exact) mass is 510 g/mol. The van der Waals surface area contributed by atoms with E-state index in [0.717, 1.165) is 5.56 Å². The van der Waals surface area contributed by atoms with Gasteiger partial charge in [0.25, 0.3) is 0 Å². The molecule has 0 bridgehead atoms. The lowest BCUT2D eigenvalue weighted by Gasteiger charge is -2.19. The molecule has 1 atom stereocenters. The average molecular weight is 511 g/mol. The third kappa shape index (κ3) is 6.91. The second kappa shape index (κ2) is 12.1. The Morgan fingerprint density at radius 3 is 2.50 bits per heavy atom. The zero-order valence-corrected chi connectivity index (χ0v) is 20.1. The van der Waals surface area contributed by atoms with E-state index in [1.54, 1.807) is 31.2 Å². The van der Waals surface area contributed by atoms with Crippen LogP contribution in [0.3, 0.4) is 0 Å². The maximum atomic E-state index is 14.0. The second-order valence-corrected chi connectivity index (χ2v) is 8.48. The number of hydrogen-bond donors (Lipinski definition) is 1. The molecule has 34 heavy (non-hydrogen) atoms. The highest BCUT2D eigenvalue weighted by Crippen LogP contribution is 2.27. The van der Waals surface area contributed by atoms with E-state index in [1.807, 2.05) is 0 Å². The summed E-state index contributed by atoms with van der Waals surface area (Å²) in [6.45, 7) is 2.61. The summed E-state index contributed by atoms with van der Waals surface area (Å²) in [5.41, 5.74) is 1.37. The van der Waals surface area contributed by atoms with Gasteiger partial charge in [0.05, 0.1) is 29.6 Å². The molecule has 0 spiro atoms. The van der Waals surface area contributed by atoms with Gasteiger partial charge in [-0.1, -0.05) is 35.3 Å². The van der Waals surface area contributed by atoms with Crippen LogP contribution in [-0.2, 0) is 25.7 Å². The molecule has 1 heterocycles. The molecular weight excluding hydrogens is 486 g/mol. The molecule has 182 valence electrons. The topological polar surface area (TPSA) is 84.9 Å². The van der Waals surface area contributed by atoms with Crippen molar-refractivity contribution in [2.45, 2.75) is 38.8 Å². The fourth-order valence-corrected chi connectivity index (χ4v) is 3.93. The molecule has 0 aliphatic carbocycles. The van der Waals surface area contributed by atoms with Crippen LogP contribution >= 0.6 is 23.2 Å². The van der Waals surface area contributed by atoms with Gasteiger partial charge in [0.2, 0.25) is 11.8 Å². The molecule has 1 saturated heterocycles. The SMILES string of the molecule is CCOC(=O)CC(NCc1ccc(OCCN2C(=O)CCC2=O)c(Cl)c1)c1ccc(Cl)c(F)c1.